The molecular weight excluding hydrogens is 229 g/mol. The number of nitrogens with two attached hydrogens (primary N) is 1. The number of rotatable bonds is 5. The maximum atomic E-state index is 12.6. The van der Waals surface area contributed by atoms with Crippen molar-refractivity contribution in [1.29, 1.82) is 0 Å². The number of para-hydroxylation sites is 1. The van der Waals surface area contributed by atoms with Crippen LogP contribution in [0.25, 0.3) is 0 Å². The topological polar surface area (TPSA) is 35.2 Å². The molecule has 0 aliphatic rings. The van der Waals surface area contributed by atoms with Crippen molar-refractivity contribution in [1.82, 2.24) is 0 Å². The standard InChI is InChI=1S/C15H16FNO/c16-10-14(17)13-8-4-5-9-15(13)18-11-12-6-2-1-3-7-12/h1-9,14H,10-11,17H2/t14-/m0/s1. The van der Waals surface area contributed by atoms with E-state index in [-0.39, 0.29) is 0 Å². The third-order valence-electron chi connectivity index (χ3n) is 2.72. The van der Waals surface area contributed by atoms with E-state index in [0.29, 0.717) is 17.9 Å². The number of ether oxygens (including phenoxy) is 1. The number of benzene rings is 2. The second-order valence-corrected chi connectivity index (χ2v) is 4.07. The van der Waals surface area contributed by atoms with E-state index in [4.69, 9.17) is 10.5 Å². The van der Waals surface area contributed by atoms with Gasteiger partial charge in [0.1, 0.15) is 19.0 Å². The van der Waals surface area contributed by atoms with E-state index in [9.17, 15) is 4.39 Å². The largest absolute Gasteiger partial charge is 0.489 e. The van der Waals surface area contributed by atoms with Crippen molar-refractivity contribution in [2.24, 2.45) is 5.73 Å². The molecule has 0 aliphatic carbocycles. The first-order valence-electron chi connectivity index (χ1n) is 5.88. The van der Waals surface area contributed by atoms with Crippen LogP contribution >= 0.6 is 0 Å². The molecule has 2 aromatic rings. The van der Waals surface area contributed by atoms with Gasteiger partial charge >= 0.3 is 0 Å². The molecule has 0 amide bonds. The number of alkyl halides is 1. The third kappa shape index (κ3) is 3.08. The van der Waals surface area contributed by atoms with Gasteiger partial charge in [-0.25, -0.2) is 4.39 Å². The van der Waals surface area contributed by atoms with Gasteiger partial charge in [0.15, 0.2) is 0 Å². The molecule has 18 heavy (non-hydrogen) atoms. The molecule has 0 aliphatic heterocycles. The van der Waals surface area contributed by atoms with Crippen molar-refractivity contribution >= 4 is 0 Å². The Morgan fingerprint density at radius 3 is 2.39 bits per heavy atom. The minimum atomic E-state index is -0.628. The summed E-state index contributed by atoms with van der Waals surface area (Å²) in [6, 6.07) is 16.5. The first-order chi connectivity index (χ1) is 8.81. The van der Waals surface area contributed by atoms with Gasteiger partial charge < -0.3 is 10.5 Å². The van der Waals surface area contributed by atoms with Crippen LogP contribution in [0.15, 0.2) is 54.6 Å². The number of hydrogen-bond donors (Lipinski definition) is 1. The zero-order valence-electron chi connectivity index (χ0n) is 10.1. The molecule has 2 nitrogen and oxygen atoms in total. The molecule has 0 radical (unpaired) electrons. The van der Waals surface area contributed by atoms with Crippen molar-refractivity contribution in [3.63, 3.8) is 0 Å². The zero-order valence-corrected chi connectivity index (χ0v) is 10.1. The molecule has 0 fully saturated rings. The summed E-state index contributed by atoms with van der Waals surface area (Å²) >= 11 is 0. The van der Waals surface area contributed by atoms with Crippen LogP contribution in [-0.2, 0) is 6.61 Å². The van der Waals surface area contributed by atoms with Crippen molar-refractivity contribution in [3.8, 4) is 5.75 Å². The lowest BCUT2D eigenvalue weighted by Gasteiger charge is -2.14. The molecule has 0 saturated heterocycles. The van der Waals surface area contributed by atoms with E-state index in [1.807, 2.05) is 48.5 Å². The van der Waals surface area contributed by atoms with Gasteiger partial charge in [0, 0.05) is 5.56 Å². The Bertz CT molecular complexity index is 487. The summed E-state index contributed by atoms with van der Waals surface area (Å²) in [4.78, 5) is 0. The van der Waals surface area contributed by atoms with Crippen LogP contribution in [0.3, 0.4) is 0 Å². The number of hydrogen-bond acceptors (Lipinski definition) is 2. The van der Waals surface area contributed by atoms with Crippen LogP contribution in [-0.4, -0.2) is 6.67 Å². The van der Waals surface area contributed by atoms with Crippen LogP contribution in [0.1, 0.15) is 17.2 Å². The predicted molar refractivity (Wildman–Crippen MR) is 70.1 cm³/mol. The first kappa shape index (κ1) is 12.6. The summed E-state index contributed by atoms with van der Waals surface area (Å²) in [6.45, 7) is -0.136. The molecule has 2 aromatic carbocycles. The Morgan fingerprint density at radius 1 is 1.00 bits per heavy atom. The maximum Gasteiger partial charge on any atom is 0.124 e. The van der Waals surface area contributed by atoms with E-state index < -0.39 is 12.7 Å². The second kappa shape index (κ2) is 6.17. The predicted octanol–water partition coefficient (Wildman–Crippen LogP) is 3.23. The molecule has 0 aromatic heterocycles. The molecule has 2 rings (SSSR count). The van der Waals surface area contributed by atoms with E-state index in [0.717, 1.165) is 5.56 Å². The average molecular weight is 245 g/mol. The van der Waals surface area contributed by atoms with Gasteiger partial charge in [-0.1, -0.05) is 48.5 Å². The lowest BCUT2D eigenvalue weighted by Crippen LogP contribution is -2.13. The molecule has 0 unspecified atom stereocenters. The fourth-order valence-electron chi connectivity index (χ4n) is 1.74. The molecular formula is C15H16FNO. The normalized spacial score (nSPS) is 12.1. The third-order valence-corrected chi connectivity index (χ3v) is 2.72. The van der Waals surface area contributed by atoms with Gasteiger partial charge in [-0.15, -0.1) is 0 Å². The maximum absolute atomic E-state index is 12.6. The molecule has 0 heterocycles. The van der Waals surface area contributed by atoms with Crippen LogP contribution in [0.2, 0.25) is 0 Å². The first-order valence-corrected chi connectivity index (χ1v) is 5.88. The van der Waals surface area contributed by atoms with Gasteiger partial charge in [-0.2, -0.15) is 0 Å². The summed E-state index contributed by atoms with van der Waals surface area (Å²) in [6.07, 6.45) is 0. The highest BCUT2D eigenvalue weighted by atomic mass is 19.1. The van der Waals surface area contributed by atoms with E-state index in [1.54, 1.807) is 6.07 Å². The van der Waals surface area contributed by atoms with Crippen LogP contribution in [0, 0.1) is 0 Å². The van der Waals surface area contributed by atoms with Crippen LogP contribution < -0.4 is 10.5 Å². The fourth-order valence-corrected chi connectivity index (χ4v) is 1.74. The molecule has 0 saturated carbocycles. The Hall–Kier alpha value is -1.87. The van der Waals surface area contributed by atoms with Crippen molar-refractivity contribution in [2.75, 3.05) is 6.67 Å². The fraction of sp³-hybridized carbons (Fsp3) is 0.200. The summed E-state index contributed by atoms with van der Waals surface area (Å²) < 4.78 is 18.3. The molecule has 94 valence electrons. The molecule has 3 heteroatoms. The van der Waals surface area contributed by atoms with E-state index in [2.05, 4.69) is 0 Å². The van der Waals surface area contributed by atoms with E-state index >= 15 is 0 Å². The van der Waals surface area contributed by atoms with Crippen molar-refractivity contribution in [2.45, 2.75) is 12.6 Å². The number of halogens is 1. The Morgan fingerprint density at radius 2 is 1.67 bits per heavy atom. The SMILES string of the molecule is N[C@@H](CF)c1ccccc1OCc1ccccc1. The summed E-state index contributed by atoms with van der Waals surface area (Å²) in [7, 11) is 0. The monoisotopic (exact) mass is 245 g/mol. The van der Waals surface area contributed by atoms with Crippen molar-refractivity contribution < 1.29 is 9.13 Å². The highest BCUT2D eigenvalue weighted by Crippen LogP contribution is 2.24. The summed E-state index contributed by atoms with van der Waals surface area (Å²) in [5.41, 5.74) is 7.48. The van der Waals surface area contributed by atoms with Gasteiger partial charge in [-0.3, -0.25) is 0 Å². The minimum absolute atomic E-state index is 0.455. The Kier molecular flexibility index (Phi) is 4.31. The molecule has 1 atom stereocenters. The second-order valence-electron chi connectivity index (χ2n) is 4.07. The van der Waals surface area contributed by atoms with Gasteiger partial charge in [-0.05, 0) is 11.6 Å². The van der Waals surface area contributed by atoms with Gasteiger partial charge in [0.05, 0.1) is 6.04 Å². The lowest BCUT2D eigenvalue weighted by molar-refractivity contribution is 0.298. The highest BCUT2D eigenvalue weighted by Gasteiger charge is 2.11. The molecule has 2 N–H and O–H groups in total. The highest BCUT2D eigenvalue weighted by molar-refractivity contribution is 5.36. The summed E-state index contributed by atoms with van der Waals surface area (Å²) in [5, 5.41) is 0. The average Bonchev–Trinajstić information content (AvgIpc) is 2.45. The van der Waals surface area contributed by atoms with Crippen LogP contribution in [0.4, 0.5) is 4.39 Å². The van der Waals surface area contributed by atoms with E-state index in [1.165, 1.54) is 0 Å². The Labute approximate surface area is 106 Å². The smallest absolute Gasteiger partial charge is 0.124 e. The molecule has 0 bridgehead atoms. The van der Waals surface area contributed by atoms with Gasteiger partial charge in [0.25, 0.3) is 0 Å². The summed E-state index contributed by atoms with van der Waals surface area (Å²) in [5.74, 6) is 0.645. The molecule has 0 spiro atoms. The Balaban J connectivity index is 2.10. The van der Waals surface area contributed by atoms with Crippen LogP contribution in [0.5, 0.6) is 5.75 Å². The minimum Gasteiger partial charge on any atom is -0.489 e. The quantitative estimate of drug-likeness (QED) is 0.877. The van der Waals surface area contributed by atoms with Gasteiger partial charge in [0.2, 0.25) is 0 Å². The lowest BCUT2D eigenvalue weighted by atomic mass is 10.1. The van der Waals surface area contributed by atoms with Crippen molar-refractivity contribution in [3.05, 3.63) is 65.7 Å². The zero-order chi connectivity index (χ0) is 12.8.